The molecular formula is C13H13N3O3. The Balaban J connectivity index is 1.83. The number of nitrogens with zero attached hydrogens (tertiary/aromatic N) is 1. The first-order valence-electron chi connectivity index (χ1n) is 6.09. The van der Waals surface area contributed by atoms with Crippen LogP contribution in [0.5, 0.6) is 0 Å². The number of aromatic nitrogens is 2. The maximum absolute atomic E-state index is 12.1. The summed E-state index contributed by atoms with van der Waals surface area (Å²) in [6.07, 6.45) is 0.334. The number of cyclic esters (lactones) is 1. The van der Waals surface area contributed by atoms with Gasteiger partial charge in [0.1, 0.15) is 12.1 Å². The minimum atomic E-state index is -0.585. The van der Waals surface area contributed by atoms with Crippen LogP contribution in [0.15, 0.2) is 24.3 Å². The van der Waals surface area contributed by atoms with Gasteiger partial charge < -0.3 is 10.1 Å². The fourth-order valence-electron chi connectivity index (χ4n) is 2.24. The van der Waals surface area contributed by atoms with Gasteiger partial charge in [-0.15, -0.1) is 0 Å². The van der Waals surface area contributed by atoms with Gasteiger partial charge >= 0.3 is 5.97 Å². The number of aromatic amines is 1. The summed E-state index contributed by atoms with van der Waals surface area (Å²) in [5.74, 6) is -0.755. The van der Waals surface area contributed by atoms with Gasteiger partial charge in [-0.3, -0.25) is 9.89 Å². The highest BCUT2D eigenvalue weighted by atomic mass is 16.6. The van der Waals surface area contributed by atoms with E-state index in [9.17, 15) is 9.59 Å². The molecule has 1 aliphatic rings. The van der Waals surface area contributed by atoms with E-state index in [1.165, 1.54) is 0 Å². The summed E-state index contributed by atoms with van der Waals surface area (Å²) in [6.45, 7) is 1.80. The Labute approximate surface area is 109 Å². The molecule has 1 aliphatic heterocycles. The molecule has 1 aromatic heterocycles. The number of hydrogen-bond acceptors (Lipinski definition) is 4. The summed E-state index contributed by atoms with van der Waals surface area (Å²) in [6, 6.07) is 6.76. The summed E-state index contributed by atoms with van der Waals surface area (Å²) in [5, 5.41) is 10.2. The van der Waals surface area contributed by atoms with Crippen LogP contribution in [-0.4, -0.2) is 34.2 Å². The second-order valence-electron chi connectivity index (χ2n) is 4.63. The standard InChI is InChI=1S/C13H13N3O3/c1-7-6-10(13(18)19-7)14-12(17)11-8-4-2-3-5-9(8)15-16-11/h2-5,7,10H,6H2,1H3,(H,14,17)(H,15,16)/t7-,10+/m1/s1. The van der Waals surface area contributed by atoms with Crippen LogP contribution in [0.25, 0.3) is 10.9 Å². The van der Waals surface area contributed by atoms with Crippen molar-refractivity contribution < 1.29 is 14.3 Å². The first-order chi connectivity index (χ1) is 9.15. The second kappa shape index (κ2) is 4.38. The highest BCUT2D eigenvalue weighted by molar-refractivity contribution is 6.05. The molecular weight excluding hydrogens is 246 g/mol. The molecule has 2 N–H and O–H groups in total. The molecule has 3 rings (SSSR count). The van der Waals surface area contributed by atoms with Gasteiger partial charge in [-0.05, 0) is 13.0 Å². The zero-order chi connectivity index (χ0) is 13.4. The highest BCUT2D eigenvalue weighted by Gasteiger charge is 2.33. The van der Waals surface area contributed by atoms with E-state index >= 15 is 0 Å². The van der Waals surface area contributed by atoms with E-state index in [0.29, 0.717) is 12.1 Å². The SMILES string of the molecule is C[C@@H]1C[C@H](NC(=O)c2n[nH]c3ccccc23)C(=O)O1. The molecule has 6 nitrogen and oxygen atoms in total. The summed E-state index contributed by atoms with van der Waals surface area (Å²) < 4.78 is 5.00. The number of carbonyl (C=O) groups is 2. The second-order valence-corrected chi connectivity index (χ2v) is 4.63. The van der Waals surface area contributed by atoms with Gasteiger partial charge in [-0.2, -0.15) is 5.10 Å². The van der Waals surface area contributed by atoms with Crippen LogP contribution in [0.2, 0.25) is 0 Å². The van der Waals surface area contributed by atoms with Crippen molar-refractivity contribution in [1.82, 2.24) is 15.5 Å². The minimum Gasteiger partial charge on any atom is -0.461 e. The average molecular weight is 259 g/mol. The van der Waals surface area contributed by atoms with Crippen LogP contribution < -0.4 is 5.32 Å². The lowest BCUT2D eigenvalue weighted by Gasteiger charge is -2.07. The Hall–Kier alpha value is -2.37. The molecule has 1 amide bonds. The molecule has 1 aromatic carbocycles. The van der Waals surface area contributed by atoms with E-state index in [-0.39, 0.29) is 18.0 Å². The summed E-state index contributed by atoms with van der Waals surface area (Å²) in [7, 11) is 0. The van der Waals surface area contributed by atoms with E-state index < -0.39 is 6.04 Å². The van der Waals surface area contributed by atoms with Crippen LogP contribution in [0, 0.1) is 0 Å². The third-order valence-corrected chi connectivity index (χ3v) is 3.16. The number of H-pyrrole nitrogens is 1. The molecule has 6 heteroatoms. The fraction of sp³-hybridized carbons (Fsp3) is 0.308. The number of para-hydroxylation sites is 1. The van der Waals surface area contributed by atoms with E-state index in [2.05, 4.69) is 15.5 Å². The average Bonchev–Trinajstić information content (AvgIpc) is 2.93. The lowest BCUT2D eigenvalue weighted by Crippen LogP contribution is -2.38. The van der Waals surface area contributed by atoms with Crippen molar-refractivity contribution in [2.75, 3.05) is 0 Å². The van der Waals surface area contributed by atoms with Crippen molar-refractivity contribution in [3.05, 3.63) is 30.0 Å². The molecule has 0 aliphatic carbocycles. The van der Waals surface area contributed by atoms with E-state index in [1.54, 1.807) is 6.92 Å². The third kappa shape index (κ3) is 2.05. The van der Waals surface area contributed by atoms with Crippen molar-refractivity contribution in [2.24, 2.45) is 0 Å². The van der Waals surface area contributed by atoms with Gasteiger partial charge in [0.05, 0.1) is 5.52 Å². The normalized spacial score (nSPS) is 22.5. The van der Waals surface area contributed by atoms with Crippen molar-refractivity contribution in [3.8, 4) is 0 Å². The van der Waals surface area contributed by atoms with Crippen molar-refractivity contribution in [1.29, 1.82) is 0 Å². The number of carbonyl (C=O) groups excluding carboxylic acids is 2. The molecule has 0 saturated carbocycles. The monoisotopic (exact) mass is 259 g/mol. The highest BCUT2D eigenvalue weighted by Crippen LogP contribution is 2.17. The molecule has 1 fully saturated rings. The third-order valence-electron chi connectivity index (χ3n) is 3.16. The van der Waals surface area contributed by atoms with E-state index in [4.69, 9.17) is 4.74 Å². The predicted octanol–water partition coefficient (Wildman–Crippen LogP) is 0.997. The Morgan fingerprint density at radius 1 is 1.47 bits per heavy atom. The van der Waals surface area contributed by atoms with Crippen molar-refractivity contribution >= 4 is 22.8 Å². The fourth-order valence-corrected chi connectivity index (χ4v) is 2.24. The summed E-state index contributed by atoms with van der Waals surface area (Å²) in [4.78, 5) is 23.6. The molecule has 0 spiro atoms. The number of nitrogens with one attached hydrogen (secondary N) is 2. The van der Waals surface area contributed by atoms with Gasteiger partial charge in [-0.25, -0.2) is 4.79 Å². The van der Waals surface area contributed by atoms with Gasteiger partial charge in [-0.1, -0.05) is 18.2 Å². The summed E-state index contributed by atoms with van der Waals surface area (Å²) >= 11 is 0. The van der Waals surface area contributed by atoms with E-state index in [0.717, 1.165) is 10.9 Å². The molecule has 0 bridgehead atoms. The molecule has 0 radical (unpaired) electrons. The van der Waals surface area contributed by atoms with Crippen LogP contribution in [0.4, 0.5) is 0 Å². The lowest BCUT2D eigenvalue weighted by atomic mass is 10.1. The Morgan fingerprint density at radius 2 is 2.26 bits per heavy atom. The summed E-state index contributed by atoms with van der Waals surface area (Å²) in [5.41, 5.74) is 1.08. The number of amides is 1. The van der Waals surface area contributed by atoms with Crippen LogP contribution in [0.3, 0.4) is 0 Å². The quantitative estimate of drug-likeness (QED) is 0.788. The lowest BCUT2D eigenvalue weighted by molar-refractivity contribution is -0.142. The molecule has 2 aromatic rings. The van der Waals surface area contributed by atoms with Crippen LogP contribution >= 0.6 is 0 Å². The molecule has 0 unspecified atom stereocenters. The smallest absolute Gasteiger partial charge is 0.329 e. The topological polar surface area (TPSA) is 84.1 Å². The Kier molecular flexibility index (Phi) is 2.70. The molecule has 2 heterocycles. The van der Waals surface area contributed by atoms with Crippen LogP contribution in [0.1, 0.15) is 23.8 Å². The number of fused-ring (bicyclic) bond motifs is 1. The molecule has 98 valence electrons. The van der Waals surface area contributed by atoms with Gasteiger partial charge in [0.15, 0.2) is 5.69 Å². The largest absolute Gasteiger partial charge is 0.461 e. The zero-order valence-corrected chi connectivity index (χ0v) is 10.3. The minimum absolute atomic E-state index is 0.159. The Bertz CT molecular complexity index is 649. The number of ether oxygens (including phenoxy) is 1. The molecule has 2 atom stereocenters. The molecule has 1 saturated heterocycles. The maximum atomic E-state index is 12.1. The maximum Gasteiger partial charge on any atom is 0.329 e. The van der Waals surface area contributed by atoms with Gasteiger partial charge in [0.25, 0.3) is 5.91 Å². The number of esters is 1. The number of hydrogen-bond donors (Lipinski definition) is 2. The van der Waals surface area contributed by atoms with Gasteiger partial charge in [0, 0.05) is 11.8 Å². The van der Waals surface area contributed by atoms with Crippen LogP contribution in [-0.2, 0) is 9.53 Å². The van der Waals surface area contributed by atoms with Gasteiger partial charge in [0.2, 0.25) is 0 Å². The first kappa shape index (κ1) is 11.7. The predicted molar refractivity (Wildman–Crippen MR) is 67.5 cm³/mol. The van der Waals surface area contributed by atoms with E-state index in [1.807, 2.05) is 24.3 Å². The molecule has 19 heavy (non-hydrogen) atoms. The van der Waals surface area contributed by atoms with Crippen molar-refractivity contribution in [2.45, 2.75) is 25.5 Å². The number of benzene rings is 1. The zero-order valence-electron chi connectivity index (χ0n) is 10.3. The van der Waals surface area contributed by atoms with Crippen molar-refractivity contribution in [3.63, 3.8) is 0 Å². The first-order valence-corrected chi connectivity index (χ1v) is 6.09. The number of rotatable bonds is 2. The Morgan fingerprint density at radius 3 is 3.00 bits per heavy atom.